The Morgan fingerprint density at radius 3 is 2.95 bits per heavy atom. The molecule has 0 saturated heterocycles. The molecule has 1 heterocycles. The minimum atomic E-state index is 0.712. The average molecular weight is 288 g/mol. The SMILES string of the molecule is CCNCc1cccc(SCc2cccnc2OC)c1. The number of nitrogens with zero attached hydrogens (tertiary/aromatic N) is 1. The second kappa shape index (κ2) is 7.92. The molecular formula is C16H20N2OS. The summed E-state index contributed by atoms with van der Waals surface area (Å²) in [4.78, 5) is 5.49. The Hall–Kier alpha value is -1.52. The van der Waals surface area contributed by atoms with E-state index in [0.29, 0.717) is 5.88 Å². The Morgan fingerprint density at radius 1 is 1.25 bits per heavy atom. The van der Waals surface area contributed by atoms with Crippen LogP contribution < -0.4 is 10.1 Å². The molecule has 1 N–H and O–H groups in total. The fraction of sp³-hybridized carbons (Fsp3) is 0.312. The molecule has 4 heteroatoms. The summed E-state index contributed by atoms with van der Waals surface area (Å²) >= 11 is 1.80. The second-order valence-electron chi connectivity index (χ2n) is 4.39. The van der Waals surface area contributed by atoms with Crippen molar-refractivity contribution >= 4 is 11.8 Å². The van der Waals surface area contributed by atoms with Gasteiger partial charge in [0.15, 0.2) is 0 Å². The monoisotopic (exact) mass is 288 g/mol. The van der Waals surface area contributed by atoms with Crippen LogP contribution in [0.2, 0.25) is 0 Å². The molecule has 0 unspecified atom stereocenters. The first-order valence-electron chi connectivity index (χ1n) is 6.74. The van der Waals surface area contributed by atoms with Crippen LogP contribution in [0, 0.1) is 0 Å². The number of benzene rings is 1. The zero-order valence-corrected chi connectivity index (χ0v) is 12.7. The van der Waals surface area contributed by atoms with Crippen LogP contribution in [0.1, 0.15) is 18.1 Å². The summed E-state index contributed by atoms with van der Waals surface area (Å²) in [6.07, 6.45) is 1.75. The molecule has 3 nitrogen and oxygen atoms in total. The lowest BCUT2D eigenvalue weighted by Crippen LogP contribution is -2.11. The number of nitrogens with one attached hydrogen (secondary N) is 1. The van der Waals surface area contributed by atoms with E-state index in [4.69, 9.17) is 4.74 Å². The van der Waals surface area contributed by atoms with Gasteiger partial charge >= 0.3 is 0 Å². The molecule has 0 aliphatic heterocycles. The zero-order valence-electron chi connectivity index (χ0n) is 11.9. The quantitative estimate of drug-likeness (QED) is 0.791. The van der Waals surface area contributed by atoms with Crippen molar-refractivity contribution < 1.29 is 4.74 Å². The predicted octanol–water partition coefficient (Wildman–Crippen LogP) is 3.49. The fourth-order valence-electron chi connectivity index (χ4n) is 1.89. The van der Waals surface area contributed by atoms with Gasteiger partial charge < -0.3 is 10.1 Å². The van der Waals surface area contributed by atoms with Gasteiger partial charge in [-0.3, -0.25) is 0 Å². The number of hydrogen-bond acceptors (Lipinski definition) is 4. The van der Waals surface area contributed by atoms with Gasteiger partial charge in [0.05, 0.1) is 7.11 Å². The molecule has 0 saturated carbocycles. The largest absolute Gasteiger partial charge is 0.481 e. The second-order valence-corrected chi connectivity index (χ2v) is 5.44. The maximum absolute atomic E-state index is 5.28. The van der Waals surface area contributed by atoms with Crippen molar-refractivity contribution in [3.63, 3.8) is 0 Å². The van der Waals surface area contributed by atoms with Crippen LogP contribution >= 0.6 is 11.8 Å². The van der Waals surface area contributed by atoms with E-state index in [0.717, 1.165) is 24.4 Å². The molecule has 0 spiro atoms. The van der Waals surface area contributed by atoms with Crippen molar-refractivity contribution in [2.45, 2.75) is 24.1 Å². The van der Waals surface area contributed by atoms with Crippen molar-refractivity contribution in [2.75, 3.05) is 13.7 Å². The predicted molar refractivity (Wildman–Crippen MR) is 84.2 cm³/mol. The number of aromatic nitrogens is 1. The molecule has 0 fully saturated rings. The molecule has 106 valence electrons. The normalized spacial score (nSPS) is 10.5. The van der Waals surface area contributed by atoms with E-state index in [1.54, 1.807) is 25.1 Å². The molecule has 0 radical (unpaired) electrons. The Labute approximate surface area is 124 Å². The first kappa shape index (κ1) is 14.9. The number of hydrogen-bond donors (Lipinski definition) is 1. The molecule has 1 aromatic heterocycles. The van der Waals surface area contributed by atoms with Gasteiger partial charge in [0.1, 0.15) is 0 Å². The van der Waals surface area contributed by atoms with E-state index in [-0.39, 0.29) is 0 Å². The van der Waals surface area contributed by atoms with E-state index in [1.807, 2.05) is 6.07 Å². The van der Waals surface area contributed by atoms with Crippen molar-refractivity contribution in [2.24, 2.45) is 0 Å². The van der Waals surface area contributed by atoms with Crippen molar-refractivity contribution in [3.8, 4) is 5.88 Å². The van der Waals surface area contributed by atoms with Crippen LogP contribution in [0.15, 0.2) is 47.5 Å². The van der Waals surface area contributed by atoms with Crippen LogP contribution in [0.4, 0.5) is 0 Å². The molecule has 2 aromatic rings. The highest BCUT2D eigenvalue weighted by Crippen LogP contribution is 2.27. The van der Waals surface area contributed by atoms with Gasteiger partial charge in [0.25, 0.3) is 0 Å². The van der Waals surface area contributed by atoms with Crippen LogP contribution in [0.5, 0.6) is 5.88 Å². The summed E-state index contributed by atoms with van der Waals surface area (Å²) in [7, 11) is 1.66. The third-order valence-corrected chi connectivity index (χ3v) is 3.96. The van der Waals surface area contributed by atoms with Crippen LogP contribution in [0.3, 0.4) is 0 Å². The van der Waals surface area contributed by atoms with E-state index in [1.165, 1.54) is 10.5 Å². The smallest absolute Gasteiger partial charge is 0.217 e. The number of methoxy groups -OCH3 is 1. The van der Waals surface area contributed by atoms with Crippen LogP contribution in [-0.4, -0.2) is 18.6 Å². The number of ether oxygens (including phenoxy) is 1. The van der Waals surface area contributed by atoms with Gasteiger partial charge in [0, 0.05) is 29.0 Å². The maximum Gasteiger partial charge on any atom is 0.217 e. The van der Waals surface area contributed by atoms with Crippen molar-refractivity contribution in [3.05, 3.63) is 53.7 Å². The van der Waals surface area contributed by atoms with E-state index in [9.17, 15) is 0 Å². The molecule has 0 aliphatic carbocycles. The van der Waals surface area contributed by atoms with Gasteiger partial charge in [-0.2, -0.15) is 0 Å². The van der Waals surface area contributed by atoms with E-state index in [2.05, 4.69) is 47.6 Å². The average Bonchev–Trinajstić information content (AvgIpc) is 2.51. The topological polar surface area (TPSA) is 34.2 Å². The maximum atomic E-state index is 5.28. The molecule has 0 atom stereocenters. The summed E-state index contributed by atoms with van der Waals surface area (Å²) in [5, 5.41) is 3.34. The van der Waals surface area contributed by atoms with Gasteiger partial charge in [-0.05, 0) is 30.3 Å². The van der Waals surface area contributed by atoms with E-state index >= 15 is 0 Å². The highest BCUT2D eigenvalue weighted by molar-refractivity contribution is 7.98. The Kier molecular flexibility index (Phi) is 5.89. The molecule has 1 aromatic carbocycles. The summed E-state index contributed by atoms with van der Waals surface area (Å²) in [6.45, 7) is 4.03. The highest BCUT2D eigenvalue weighted by Gasteiger charge is 2.04. The van der Waals surface area contributed by atoms with Gasteiger partial charge in [-0.15, -0.1) is 11.8 Å². The Bertz CT molecular complexity index is 546. The molecule has 2 rings (SSSR count). The highest BCUT2D eigenvalue weighted by atomic mass is 32.2. The minimum Gasteiger partial charge on any atom is -0.481 e. The lowest BCUT2D eigenvalue weighted by Gasteiger charge is -2.08. The van der Waals surface area contributed by atoms with E-state index < -0.39 is 0 Å². The molecule has 20 heavy (non-hydrogen) atoms. The lowest BCUT2D eigenvalue weighted by atomic mass is 10.2. The van der Waals surface area contributed by atoms with Crippen LogP contribution in [-0.2, 0) is 12.3 Å². The summed E-state index contributed by atoms with van der Waals surface area (Å²) in [5.41, 5.74) is 2.44. The number of pyridine rings is 1. The van der Waals surface area contributed by atoms with Gasteiger partial charge in [-0.1, -0.05) is 25.1 Å². The standard InChI is InChI=1S/C16H20N2OS/c1-3-17-11-13-6-4-8-15(10-13)20-12-14-7-5-9-18-16(14)19-2/h4-10,17H,3,11-12H2,1-2H3. The van der Waals surface area contributed by atoms with Crippen LogP contribution in [0.25, 0.3) is 0 Å². The molecule has 0 aliphatic rings. The Balaban J connectivity index is 1.99. The van der Waals surface area contributed by atoms with Gasteiger partial charge in [-0.25, -0.2) is 4.98 Å². The van der Waals surface area contributed by atoms with Gasteiger partial charge in [0.2, 0.25) is 5.88 Å². The summed E-state index contributed by atoms with van der Waals surface area (Å²) < 4.78 is 5.28. The molecule has 0 bridgehead atoms. The fourth-order valence-corrected chi connectivity index (χ4v) is 2.84. The number of rotatable bonds is 7. The summed E-state index contributed by atoms with van der Waals surface area (Å²) in [6, 6.07) is 12.6. The molecular weight excluding hydrogens is 268 g/mol. The first-order chi connectivity index (χ1) is 9.83. The van der Waals surface area contributed by atoms with Crippen molar-refractivity contribution in [1.29, 1.82) is 0 Å². The third-order valence-electron chi connectivity index (χ3n) is 2.92. The lowest BCUT2D eigenvalue weighted by molar-refractivity contribution is 0.394. The zero-order chi connectivity index (χ0) is 14.2. The third kappa shape index (κ3) is 4.25. The minimum absolute atomic E-state index is 0.712. The van der Waals surface area contributed by atoms with Crippen molar-refractivity contribution in [1.82, 2.24) is 10.3 Å². The Morgan fingerprint density at radius 2 is 2.15 bits per heavy atom. The first-order valence-corrected chi connectivity index (χ1v) is 7.72. The number of thioether (sulfide) groups is 1. The summed E-state index contributed by atoms with van der Waals surface area (Å²) in [5.74, 6) is 1.57. The molecule has 0 amide bonds.